The predicted octanol–water partition coefficient (Wildman–Crippen LogP) is 3.03. The highest BCUT2D eigenvalue weighted by Crippen LogP contribution is 2.25. The lowest BCUT2D eigenvalue weighted by atomic mass is 10.2. The number of aryl methyl sites for hydroxylation is 1. The average molecular weight is 264 g/mol. The Hall–Kier alpha value is -1.23. The molecule has 0 spiro atoms. The van der Waals surface area contributed by atoms with Gasteiger partial charge in [0.1, 0.15) is 5.52 Å². The number of rotatable bonds is 5. The van der Waals surface area contributed by atoms with E-state index < -0.39 is 0 Å². The van der Waals surface area contributed by atoms with E-state index in [1.807, 2.05) is 30.9 Å². The van der Waals surface area contributed by atoms with Gasteiger partial charge in [0.2, 0.25) is 5.95 Å². The van der Waals surface area contributed by atoms with Gasteiger partial charge < -0.3 is 5.73 Å². The van der Waals surface area contributed by atoms with Crippen LogP contribution in [0.2, 0.25) is 0 Å². The zero-order valence-corrected chi connectivity index (χ0v) is 12.0. The molecule has 2 rings (SSSR count). The minimum Gasteiger partial charge on any atom is -0.369 e. The van der Waals surface area contributed by atoms with Gasteiger partial charge >= 0.3 is 0 Å². The van der Waals surface area contributed by atoms with E-state index in [0.717, 1.165) is 34.7 Å². The third-order valence-electron chi connectivity index (χ3n) is 3.13. The largest absolute Gasteiger partial charge is 0.369 e. The number of nitrogens with two attached hydrogens (primary N) is 1. The molecule has 0 fully saturated rings. The van der Waals surface area contributed by atoms with E-state index in [4.69, 9.17) is 5.73 Å². The van der Waals surface area contributed by atoms with Crippen LogP contribution in [-0.4, -0.2) is 26.0 Å². The Bertz CT molecular complexity index is 535. The van der Waals surface area contributed by atoms with Crippen LogP contribution in [0.3, 0.4) is 0 Å². The summed E-state index contributed by atoms with van der Waals surface area (Å²) in [5.41, 5.74) is 8.98. The topological polar surface area (TPSA) is 56.7 Å². The van der Waals surface area contributed by atoms with Crippen molar-refractivity contribution in [1.29, 1.82) is 0 Å². The van der Waals surface area contributed by atoms with Gasteiger partial charge in [-0.1, -0.05) is 6.92 Å². The number of nitrogens with zero attached hydrogens (tertiary/aromatic N) is 3. The van der Waals surface area contributed by atoms with Gasteiger partial charge in [0, 0.05) is 12.2 Å². The fraction of sp³-hybridized carbons (Fsp3) is 0.538. The normalized spacial score (nSPS) is 13.1. The Labute approximate surface area is 112 Å². The van der Waals surface area contributed by atoms with Crippen LogP contribution in [0.5, 0.6) is 0 Å². The number of hydrogen-bond acceptors (Lipinski definition) is 4. The van der Waals surface area contributed by atoms with Crippen LogP contribution in [0.1, 0.15) is 31.9 Å². The summed E-state index contributed by atoms with van der Waals surface area (Å²) in [6, 6.07) is 2.31. The van der Waals surface area contributed by atoms with Crippen LogP contribution in [0.25, 0.3) is 11.2 Å². The number of anilines is 1. The summed E-state index contributed by atoms with van der Waals surface area (Å²) in [6.07, 6.45) is 2.91. The van der Waals surface area contributed by atoms with Crippen LogP contribution in [-0.2, 0) is 0 Å². The maximum atomic E-state index is 6.03. The molecular weight excluding hydrogens is 244 g/mol. The van der Waals surface area contributed by atoms with Crippen LogP contribution in [0.4, 0.5) is 5.95 Å². The van der Waals surface area contributed by atoms with Gasteiger partial charge in [0.15, 0.2) is 5.65 Å². The first-order valence-electron chi connectivity index (χ1n) is 6.32. The molecule has 2 aromatic heterocycles. The lowest BCUT2D eigenvalue weighted by Gasteiger charge is -2.14. The fourth-order valence-corrected chi connectivity index (χ4v) is 2.89. The van der Waals surface area contributed by atoms with Crippen molar-refractivity contribution in [3.63, 3.8) is 0 Å². The van der Waals surface area contributed by atoms with E-state index in [1.165, 1.54) is 0 Å². The van der Waals surface area contributed by atoms with Gasteiger partial charge in [0.25, 0.3) is 0 Å². The summed E-state index contributed by atoms with van der Waals surface area (Å²) in [7, 11) is 0. The van der Waals surface area contributed by atoms with Crippen molar-refractivity contribution >= 4 is 28.9 Å². The molecule has 1 unspecified atom stereocenters. The zero-order valence-electron chi connectivity index (χ0n) is 11.2. The van der Waals surface area contributed by atoms with Crippen molar-refractivity contribution in [3.05, 3.63) is 17.8 Å². The fourth-order valence-electron chi connectivity index (χ4n) is 2.09. The third-order valence-corrected chi connectivity index (χ3v) is 4.07. The maximum absolute atomic E-state index is 6.03. The molecule has 1 atom stereocenters. The van der Waals surface area contributed by atoms with E-state index in [2.05, 4.69) is 28.4 Å². The summed E-state index contributed by atoms with van der Waals surface area (Å²) < 4.78 is 2.05. The highest BCUT2D eigenvalue weighted by molar-refractivity contribution is 7.99. The first-order valence-corrected chi connectivity index (χ1v) is 7.47. The number of pyridine rings is 1. The second kappa shape index (κ2) is 5.61. The molecule has 0 aliphatic rings. The molecule has 2 heterocycles. The third kappa shape index (κ3) is 2.46. The van der Waals surface area contributed by atoms with E-state index in [1.54, 1.807) is 0 Å². The number of hydrogen-bond donors (Lipinski definition) is 1. The number of nitrogen functional groups attached to an aromatic ring is 1. The maximum Gasteiger partial charge on any atom is 0.202 e. The summed E-state index contributed by atoms with van der Waals surface area (Å²) >= 11 is 1.95. The standard InChI is InChI=1S/C13H20N4S/c1-4-18-8-6-10(3)17-12-11(16-13(17)14)9(2)5-7-15-12/h5,7,10H,4,6,8H2,1-3H3,(H2,14,16). The zero-order chi connectivity index (χ0) is 13.1. The average Bonchev–Trinajstić information content (AvgIpc) is 2.67. The monoisotopic (exact) mass is 264 g/mol. The van der Waals surface area contributed by atoms with E-state index in [0.29, 0.717) is 12.0 Å². The number of imidazole rings is 1. The van der Waals surface area contributed by atoms with Gasteiger partial charge in [-0.3, -0.25) is 4.57 Å². The summed E-state index contributed by atoms with van der Waals surface area (Å²) in [4.78, 5) is 8.86. The molecular formula is C13H20N4S. The van der Waals surface area contributed by atoms with E-state index in [-0.39, 0.29) is 0 Å². The first kappa shape index (κ1) is 13.2. The number of thioether (sulfide) groups is 1. The quantitative estimate of drug-likeness (QED) is 0.843. The Morgan fingerprint density at radius 3 is 3.00 bits per heavy atom. The minimum atomic E-state index is 0.336. The van der Waals surface area contributed by atoms with Crippen molar-refractivity contribution in [2.45, 2.75) is 33.2 Å². The molecule has 5 heteroatoms. The second-order valence-corrected chi connectivity index (χ2v) is 5.87. The lowest BCUT2D eigenvalue weighted by Crippen LogP contribution is -2.10. The molecule has 2 aromatic rings. The molecule has 98 valence electrons. The van der Waals surface area contributed by atoms with Crippen LogP contribution in [0.15, 0.2) is 12.3 Å². The first-order chi connectivity index (χ1) is 8.65. The van der Waals surface area contributed by atoms with Crippen molar-refractivity contribution in [1.82, 2.24) is 14.5 Å². The van der Waals surface area contributed by atoms with Crippen molar-refractivity contribution < 1.29 is 0 Å². The van der Waals surface area contributed by atoms with Gasteiger partial charge in [-0.05, 0) is 43.4 Å². The highest BCUT2D eigenvalue weighted by atomic mass is 32.2. The summed E-state index contributed by atoms with van der Waals surface area (Å²) in [6.45, 7) is 6.40. The molecule has 0 saturated carbocycles. The molecule has 0 aliphatic heterocycles. The Morgan fingerprint density at radius 1 is 1.50 bits per heavy atom. The van der Waals surface area contributed by atoms with E-state index >= 15 is 0 Å². The molecule has 4 nitrogen and oxygen atoms in total. The summed E-state index contributed by atoms with van der Waals surface area (Å²) in [5.74, 6) is 2.87. The number of fused-ring (bicyclic) bond motifs is 1. The van der Waals surface area contributed by atoms with Gasteiger partial charge in [-0.15, -0.1) is 0 Å². The smallest absolute Gasteiger partial charge is 0.202 e. The number of aromatic nitrogens is 3. The molecule has 0 amide bonds. The molecule has 0 saturated heterocycles. The van der Waals surface area contributed by atoms with Gasteiger partial charge in [-0.2, -0.15) is 11.8 Å². The highest BCUT2D eigenvalue weighted by Gasteiger charge is 2.15. The van der Waals surface area contributed by atoms with Crippen molar-refractivity contribution in [3.8, 4) is 0 Å². The molecule has 0 aromatic carbocycles. The Balaban J connectivity index is 2.32. The van der Waals surface area contributed by atoms with Crippen LogP contribution in [0, 0.1) is 6.92 Å². The second-order valence-electron chi connectivity index (χ2n) is 4.47. The molecule has 2 N–H and O–H groups in total. The molecule has 0 aliphatic carbocycles. The van der Waals surface area contributed by atoms with Gasteiger partial charge in [-0.25, -0.2) is 9.97 Å². The van der Waals surface area contributed by atoms with Crippen molar-refractivity contribution in [2.24, 2.45) is 0 Å². The minimum absolute atomic E-state index is 0.336. The lowest BCUT2D eigenvalue weighted by molar-refractivity contribution is 0.552. The Kier molecular flexibility index (Phi) is 4.11. The van der Waals surface area contributed by atoms with Crippen LogP contribution < -0.4 is 5.73 Å². The SMILES string of the molecule is CCSCCC(C)n1c(N)nc2c(C)ccnc21. The molecule has 0 bridgehead atoms. The molecule has 0 radical (unpaired) electrons. The predicted molar refractivity (Wildman–Crippen MR) is 79.0 cm³/mol. The Morgan fingerprint density at radius 2 is 2.28 bits per heavy atom. The van der Waals surface area contributed by atoms with Crippen molar-refractivity contribution in [2.75, 3.05) is 17.2 Å². The van der Waals surface area contributed by atoms with Crippen LogP contribution >= 0.6 is 11.8 Å². The van der Waals surface area contributed by atoms with Gasteiger partial charge in [0.05, 0.1) is 0 Å². The summed E-state index contributed by atoms with van der Waals surface area (Å²) in [5, 5.41) is 0. The molecule has 18 heavy (non-hydrogen) atoms. The van der Waals surface area contributed by atoms with E-state index in [9.17, 15) is 0 Å².